The Labute approximate surface area is 113 Å². The van der Waals surface area contributed by atoms with E-state index in [1.807, 2.05) is 0 Å². The fourth-order valence-electron chi connectivity index (χ4n) is 2.47. The minimum absolute atomic E-state index is 0.0313. The lowest BCUT2D eigenvalue weighted by Gasteiger charge is -2.37. The van der Waals surface area contributed by atoms with Crippen LogP contribution >= 0.6 is 0 Å². The molecule has 9 heteroatoms. The number of aliphatic hydroxyl groups excluding tert-OH is 2. The van der Waals surface area contributed by atoms with Crippen LogP contribution in [0.25, 0.3) is 0 Å². The van der Waals surface area contributed by atoms with Gasteiger partial charge in [0, 0.05) is 6.20 Å². The maximum Gasteiger partial charge on any atom is 0.352 e. The quantitative estimate of drug-likeness (QED) is 0.377. The summed E-state index contributed by atoms with van der Waals surface area (Å²) in [5.41, 5.74) is 2.56. The Balaban J connectivity index is 2.62. The van der Waals surface area contributed by atoms with Crippen LogP contribution in [0, 0.1) is 0 Å². The summed E-state index contributed by atoms with van der Waals surface area (Å²) in [6, 6.07) is 1.29. The van der Waals surface area contributed by atoms with E-state index in [2.05, 4.69) is 4.98 Å². The summed E-state index contributed by atoms with van der Waals surface area (Å²) in [6.45, 7) is 0.902. The van der Waals surface area contributed by atoms with Crippen LogP contribution in [0.1, 0.15) is 13.3 Å². The number of aliphatic hydroxyl groups is 4. The lowest BCUT2D eigenvalue weighted by molar-refractivity contribution is -0.303. The molecule has 9 nitrogen and oxygen atoms in total. The molecule has 0 aromatic carbocycles. The van der Waals surface area contributed by atoms with E-state index in [0.717, 1.165) is 4.57 Å². The second kappa shape index (κ2) is 4.79. The molecular formula is C11H17N3O6. The van der Waals surface area contributed by atoms with E-state index in [-0.39, 0.29) is 12.2 Å². The third kappa shape index (κ3) is 1.83. The summed E-state index contributed by atoms with van der Waals surface area (Å²) < 4.78 is 6.21. The molecule has 2 heterocycles. The maximum atomic E-state index is 11.9. The van der Waals surface area contributed by atoms with Crippen molar-refractivity contribution in [3.05, 3.63) is 22.7 Å². The van der Waals surface area contributed by atoms with E-state index in [9.17, 15) is 20.1 Å². The fourth-order valence-corrected chi connectivity index (χ4v) is 2.47. The normalized spacial score (nSPS) is 32.5. The molecule has 0 bridgehead atoms. The Bertz CT molecular complexity index is 559. The first-order chi connectivity index (χ1) is 9.30. The molecule has 0 unspecified atom stereocenters. The van der Waals surface area contributed by atoms with Gasteiger partial charge in [-0.2, -0.15) is 4.98 Å². The van der Waals surface area contributed by atoms with Crippen molar-refractivity contribution in [3.63, 3.8) is 0 Å². The van der Waals surface area contributed by atoms with Crippen LogP contribution in [0.4, 0.5) is 5.82 Å². The molecule has 2 rings (SSSR count). The van der Waals surface area contributed by atoms with Crippen LogP contribution in [-0.2, 0) is 10.5 Å². The second-order valence-corrected chi connectivity index (χ2v) is 4.65. The van der Waals surface area contributed by atoms with Crippen LogP contribution in [0.3, 0.4) is 0 Å². The first-order valence-corrected chi connectivity index (χ1v) is 6.07. The molecule has 20 heavy (non-hydrogen) atoms. The van der Waals surface area contributed by atoms with E-state index < -0.39 is 36.0 Å². The predicted octanol–water partition coefficient (Wildman–Crippen LogP) is -2.68. The van der Waals surface area contributed by atoms with Gasteiger partial charge in [0.2, 0.25) is 11.5 Å². The first kappa shape index (κ1) is 14.9. The minimum atomic E-state index is -2.77. The van der Waals surface area contributed by atoms with Crippen molar-refractivity contribution >= 4 is 5.82 Å². The van der Waals surface area contributed by atoms with Crippen molar-refractivity contribution in [3.8, 4) is 0 Å². The maximum absolute atomic E-state index is 11.9. The number of hydrogen-bond acceptors (Lipinski definition) is 8. The molecule has 1 aliphatic rings. The molecule has 6 N–H and O–H groups in total. The van der Waals surface area contributed by atoms with Crippen LogP contribution in [0.15, 0.2) is 17.1 Å². The number of nitrogen functional groups attached to an aromatic ring is 1. The van der Waals surface area contributed by atoms with Crippen LogP contribution in [-0.4, -0.2) is 54.6 Å². The average Bonchev–Trinajstić information content (AvgIpc) is 2.59. The molecule has 0 amide bonds. The zero-order valence-corrected chi connectivity index (χ0v) is 10.8. The highest BCUT2D eigenvalue weighted by atomic mass is 16.6. The molecule has 0 spiro atoms. The lowest BCUT2D eigenvalue weighted by Crippen LogP contribution is -2.60. The topological polar surface area (TPSA) is 151 Å². The standard InChI is InChI=1S/C11H17N3O6/c1-2-10(14-4-3-7(12)13-9(14)17)11(18,19)8(16)6(5-15)20-10/h3-4,6,8,15-16,18-19H,2,5H2,1H3,(H2,12,13,17)/t6-,8-,10-/m1/s1. The van der Waals surface area contributed by atoms with E-state index in [4.69, 9.17) is 15.6 Å². The highest BCUT2D eigenvalue weighted by Crippen LogP contribution is 2.43. The second-order valence-electron chi connectivity index (χ2n) is 4.65. The molecule has 1 aromatic rings. The first-order valence-electron chi connectivity index (χ1n) is 6.07. The van der Waals surface area contributed by atoms with Crippen molar-refractivity contribution in [1.29, 1.82) is 0 Å². The summed E-state index contributed by atoms with van der Waals surface area (Å²) in [6.07, 6.45) is -1.88. The molecule has 1 aliphatic heterocycles. The lowest BCUT2D eigenvalue weighted by atomic mass is 9.95. The van der Waals surface area contributed by atoms with Crippen molar-refractivity contribution in [2.45, 2.75) is 37.1 Å². The van der Waals surface area contributed by atoms with Crippen molar-refractivity contribution < 1.29 is 25.2 Å². The summed E-state index contributed by atoms with van der Waals surface area (Å²) >= 11 is 0. The zero-order valence-electron chi connectivity index (χ0n) is 10.8. The number of hydrogen-bond donors (Lipinski definition) is 5. The molecule has 3 atom stereocenters. The monoisotopic (exact) mass is 287 g/mol. The molecule has 112 valence electrons. The largest absolute Gasteiger partial charge is 0.394 e. The molecule has 0 radical (unpaired) electrons. The molecule has 0 saturated carbocycles. The smallest absolute Gasteiger partial charge is 0.352 e. The number of rotatable bonds is 3. The third-order valence-electron chi connectivity index (χ3n) is 3.56. The SMILES string of the molecule is CC[C@@]1(n2ccc(N)nc2=O)O[C@H](CO)[C@@H](O)C1(O)O. The summed E-state index contributed by atoms with van der Waals surface area (Å²) in [4.78, 5) is 15.4. The van der Waals surface area contributed by atoms with E-state index in [0.29, 0.717) is 0 Å². The van der Waals surface area contributed by atoms with Gasteiger partial charge in [-0.05, 0) is 12.5 Å². The van der Waals surface area contributed by atoms with Gasteiger partial charge < -0.3 is 30.9 Å². The van der Waals surface area contributed by atoms with E-state index in [1.165, 1.54) is 19.2 Å². The minimum Gasteiger partial charge on any atom is -0.394 e. The van der Waals surface area contributed by atoms with Gasteiger partial charge in [-0.3, -0.25) is 4.57 Å². The number of nitrogens with zero attached hydrogens (tertiary/aromatic N) is 2. The number of anilines is 1. The highest BCUT2D eigenvalue weighted by Gasteiger charge is 2.65. The summed E-state index contributed by atoms with van der Waals surface area (Å²) in [7, 11) is 0. The summed E-state index contributed by atoms with van der Waals surface area (Å²) in [5.74, 6) is -2.80. The number of aromatic nitrogens is 2. The Morgan fingerprint density at radius 1 is 1.55 bits per heavy atom. The highest BCUT2D eigenvalue weighted by molar-refractivity contribution is 5.24. The van der Waals surface area contributed by atoms with Gasteiger partial charge in [0.1, 0.15) is 18.0 Å². The number of ether oxygens (including phenoxy) is 1. The fraction of sp³-hybridized carbons (Fsp3) is 0.636. The molecular weight excluding hydrogens is 270 g/mol. The average molecular weight is 287 g/mol. The Morgan fingerprint density at radius 2 is 2.20 bits per heavy atom. The summed E-state index contributed by atoms with van der Waals surface area (Å²) in [5, 5.41) is 39.3. The van der Waals surface area contributed by atoms with Crippen molar-refractivity contribution in [2.75, 3.05) is 12.3 Å². The third-order valence-corrected chi connectivity index (χ3v) is 3.56. The van der Waals surface area contributed by atoms with Gasteiger partial charge in [0.05, 0.1) is 6.61 Å². The van der Waals surface area contributed by atoms with Crippen LogP contribution < -0.4 is 11.4 Å². The van der Waals surface area contributed by atoms with Gasteiger partial charge in [-0.1, -0.05) is 6.92 Å². The van der Waals surface area contributed by atoms with E-state index in [1.54, 1.807) is 0 Å². The van der Waals surface area contributed by atoms with Crippen LogP contribution in [0.5, 0.6) is 0 Å². The zero-order chi connectivity index (χ0) is 15.1. The number of nitrogens with two attached hydrogens (primary N) is 1. The Morgan fingerprint density at radius 3 is 2.65 bits per heavy atom. The molecule has 1 fully saturated rings. The molecule has 0 aliphatic carbocycles. The van der Waals surface area contributed by atoms with Gasteiger partial charge in [0.15, 0.2) is 0 Å². The van der Waals surface area contributed by atoms with Gasteiger partial charge in [-0.15, -0.1) is 0 Å². The van der Waals surface area contributed by atoms with Gasteiger partial charge >= 0.3 is 5.69 Å². The molecule has 1 saturated heterocycles. The van der Waals surface area contributed by atoms with Gasteiger partial charge in [0.25, 0.3) is 0 Å². The molecule has 1 aromatic heterocycles. The predicted molar refractivity (Wildman–Crippen MR) is 66.3 cm³/mol. The Hall–Kier alpha value is -1.52. The van der Waals surface area contributed by atoms with Crippen molar-refractivity contribution in [1.82, 2.24) is 9.55 Å². The van der Waals surface area contributed by atoms with Gasteiger partial charge in [-0.25, -0.2) is 4.79 Å². The van der Waals surface area contributed by atoms with E-state index >= 15 is 0 Å². The Kier molecular flexibility index (Phi) is 3.56. The van der Waals surface area contributed by atoms with Crippen LogP contribution in [0.2, 0.25) is 0 Å². The van der Waals surface area contributed by atoms with Crippen molar-refractivity contribution in [2.24, 2.45) is 0 Å².